The smallest absolute Gasteiger partial charge is 0.335 e. The molecule has 0 saturated carbocycles. The van der Waals surface area contributed by atoms with Gasteiger partial charge in [0.05, 0.1) is 6.61 Å². The van der Waals surface area contributed by atoms with Crippen molar-refractivity contribution in [3.05, 3.63) is 24.8 Å². The van der Waals surface area contributed by atoms with Crippen molar-refractivity contribution in [1.82, 2.24) is 0 Å². The third-order valence-electron chi connectivity index (χ3n) is 1.07. The topological polar surface area (TPSA) is 35.5 Å². The van der Waals surface area contributed by atoms with Gasteiger partial charge in [-0.1, -0.05) is 12.7 Å². The van der Waals surface area contributed by atoms with Gasteiger partial charge in [-0.15, -0.1) is 6.58 Å². The molecule has 0 aliphatic heterocycles. The molecule has 0 spiro atoms. The summed E-state index contributed by atoms with van der Waals surface area (Å²) in [6, 6.07) is 0. The summed E-state index contributed by atoms with van der Waals surface area (Å²) >= 11 is 0. The summed E-state index contributed by atoms with van der Waals surface area (Å²) in [5, 5.41) is 0. The molecule has 12 heavy (non-hydrogen) atoms. The Labute approximate surface area is 72.7 Å². The predicted octanol–water partition coefficient (Wildman–Crippen LogP) is 1.65. The second-order valence-electron chi connectivity index (χ2n) is 2.38. The van der Waals surface area contributed by atoms with E-state index in [0.29, 0.717) is 12.2 Å². The number of hydrogen-bond acceptors (Lipinski definition) is 3. The molecule has 3 nitrogen and oxygen atoms in total. The molecule has 0 aromatic rings. The molecular formula is C9H14O3. The number of rotatable bonds is 5. The molecule has 0 aromatic carbocycles. The van der Waals surface area contributed by atoms with Crippen molar-refractivity contribution in [3.8, 4) is 0 Å². The van der Waals surface area contributed by atoms with Gasteiger partial charge in [-0.25, -0.2) is 4.79 Å². The Hall–Kier alpha value is -1.09. The number of carbonyl (C=O) groups is 1. The maximum Gasteiger partial charge on any atom is 0.335 e. The van der Waals surface area contributed by atoms with Crippen LogP contribution in [-0.2, 0) is 14.3 Å². The average Bonchev–Trinajstić information content (AvgIpc) is 2.00. The Morgan fingerprint density at radius 2 is 2.25 bits per heavy atom. The first-order chi connectivity index (χ1) is 5.57. The summed E-state index contributed by atoms with van der Waals surface area (Å²) in [4.78, 5) is 10.9. The summed E-state index contributed by atoms with van der Waals surface area (Å²) in [5.74, 6) is -0.438. The van der Waals surface area contributed by atoms with Crippen LogP contribution in [0.3, 0.4) is 0 Å². The Balaban J connectivity index is 3.68. The highest BCUT2D eigenvalue weighted by Gasteiger charge is 2.08. The van der Waals surface area contributed by atoms with Gasteiger partial charge in [-0.3, -0.25) is 0 Å². The van der Waals surface area contributed by atoms with Gasteiger partial charge >= 0.3 is 5.97 Å². The zero-order valence-electron chi connectivity index (χ0n) is 7.50. The Bertz CT molecular complexity index is 184. The molecule has 68 valence electrons. The van der Waals surface area contributed by atoms with Crippen molar-refractivity contribution in [2.24, 2.45) is 0 Å². The lowest BCUT2D eigenvalue weighted by Crippen LogP contribution is -2.18. The van der Waals surface area contributed by atoms with E-state index in [1.54, 1.807) is 19.9 Å². The maximum absolute atomic E-state index is 10.9. The molecule has 1 atom stereocenters. The van der Waals surface area contributed by atoms with Gasteiger partial charge < -0.3 is 9.47 Å². The summed E-state index contributed by atoms with van der Waals surface area (Å²) in [6.45, 7) is 10.5. The number of ether oxygens (including phenoxy) is 2. The molecule has 0 amide bonds. The normalized spacial score (nSPS) is 11.8. The Kier molecular flexibility index (Phi) is 5.04. The second kappa shape index (κ2) is 5.55. The summed E-state index contributed by atoms with van der Waals surface area (Å²) < 4.78 is 9.82. The minimum absolute atomic E-state index is 0.365. The molecule has 0 heterocycles. The first kappa shape index (κ1) is 10.9. The standard InChI is InChI=1S/C9H14O3/c1-5-6-11-8(4)12-9(10)7(2)3/h5,8H,1-2,6H2,3-4H3. The molecule has 0 aromatic heterocycles. The van der Waals surface area contributed by atoms with Gasteiger partial charge in [0, 0.05) is 5.57 Å². The van der Waals surface area contributed by atoms with Crippen LogP contribution < -0.4 is 0 Å². The fourth-order valence-corrected chi connectivity index (χ4v) is 0.489. The predicted molar refractivity (Wildman–Crippen MR) is 46.5 cm³/mol. The third-order valence-corrected chi connectivity index (χ3v) is 1.07. The molecule has 0 N–H and O–H groups in total. The maximum atomic E-state index is 10.9. The third kappa shape index (κ3) is 4.68. The van der Waals surface area contributed by atoms with E-state index in [2.05, 4.69) is 13.2 Å². The lowest BCUT2D eigenvalue weighted by atomic mass is 10.4. The van der Waals surface area contributed by atoms with Gasteiger partial charge in [-0.2, -0.15) is 0 Å². The van der Waals surface area contributed by atoms with Gasteiger partial charge in [0.1, 0.15) is 0 Å². The van der Waals surface area contributed by atoms with Crippen LogP contribution >= 0.6 is 0 Å². The lowest BCUT2D eigenvalue weighted by molar-refractivity contribution is -0.167. The fraction of sp³-hybridized carbons (Fsp3) is 0.444. The average molecular weight is 170 g/mol. The minimum atomic E-state index is -0.549. The van der Waals surface area contributed by atoms with E-state index in [0.717, 1.165) is 0 Å². The zero-order chi connectivity index (χ0) is 9.56. The Morgan fingerprint density at radius 3 is 2.67 bits per heavy atom. The molecule has 0 aliphatic rings. The molecule has 0 fully saturated rings. The first-order valence-electron chi connectivity index (χ1n) is 3.67. The molecule has 0 bridgehead atoms. The molecule has 0 rings (SSSR count). The zero-order valence-corrected chi connectivity index (χ0v) is 7.50. The number of esters is 1. The summed E-state index contributed by atoms with van der Waals surface area (Å²) in [5.41, 5.74) is 0.365. The number of carbonyl (C=O) groups excluding carboxylic acids is 1. The van der Waals surface area contributed by atoms with Crippen LogP contribution in [-0.4, -0.2) is 18.9 Å². The van der Waals surface area contributed by atoms with E-state index in [4.69, 9.17) is 9.47 Å². The molecular weight excluding hydrogens is 156 g/mol. The van der Waals surface area contributed by atoms with Crippen molar-refractivity contribution in [2.75, 3.05) is 6.61 Å². The van der Waals surface area contributed by atoms with Crippen molar-refractivity contribution in [3.63, 3.8) is 0 Å². The van der Waals surface area contributed by atoms with Gasteiger partial charge in [0.15, 0.2) is 0 Å². The summed E-state index contributed by atoms with van der Waals surface area (Å²) in [7, 11) is 0. The van der Waals surface area contributed by atoms with Crippen LogP contribution in [0.4, 0.5) is 0 Å². The van der Waals surface area contributed by atoms with E-state index in [1.165, 1.54) is 0 Å². The number of hydrogen-bond donors (Lipinski definition) is 0. The Morgan fingerprint density at radius 1 is 1.67 bits per heavy atom. The van der Waals surface area contributed by atoms with E-state index in [-0.39, 0.29) is 0 Å². The van der Waals surface area contributed by atoms with Crippen molar-refractivity contribution >= 4 is 5.97 Å². The largest absolute Gasteiger partial charge is 0.433 e. The quantitative estimate of drug-likeness (QED) is 0.272. The highest BCUT2D eigenvalue weighted by Crippen LogP contribution is 1.99. The van der Waals surface area contributed by atoms with Crippen molar-refractivity contribution < 1.29 is 14.3 Å². The van der Waals surface area contributed by atoms with E-state index in [1.807, 2.05) is 0 Å². The molecule has 0 radical (unpaired) electrons. The van der Waals surface area contributed by atoms with Crippen LogP contribution in [0, 0.1) is 0 Å². The van der Waals surface area contributed by atoms with Crippen LogP contribution in [0.25, 0.3) is 0 Å². The fourth-order valence-electron chi connectivity index (χ4n) is 0.489. The monoisotopic (exact) mass is 170 g/mol. The minimum Gasteiger partial charge on any atom is -0.433 e. The second-order valence-corrected chi connectivity index (χ2v) is 2.38. The SMILES string of the molecule is C=CCOC(C)OC(=O)C(=C)C. The molecule has 3 heteroatoms. The van der Waals surface area contributed by atoms with Gasteiger partial charge in [0.25, 0.3) is 0 Å². The molecule has 1 unspecified atom stereocenters. The first-order valence-corrected chi connectivity index (χ1v) is 3.67. The highest BCUT2D eigenvalue weighted by atomic mass is 16.7. The van der Waals surface area contributed by atoms with Gasteiger partial charge in [-0.05, 0) is 13.8 Å². The van der Waals surface area contributed by atoms with E-state index < -0.39 is 12.3 Å². The molecule has 0 aliphatic carbocycles. The molecule has 0 saturated heterocycles. The van der Waals surface area contributed by atoms with E-state index >= 15 is 0 Å². The highest BCUT2D eigenvalue weighted by molar-refractivity contribution is 5.86. The van der Waals surface area contributed by atoms with Crippen LogP contribution in [0.1, 0.15) is 13.8 Å². The van der Waals surface area contributed by atoms with Crippen molar-refractivity contribution in [2.45, 2.75) is 20.1 Å². The van der Waals surface area contributed by atoms with E-state index in [9.17, 15) is 4.79 Å². The van der Waals surface area contributed by atoms with Crippen LogP contribution in [0.5, 0.6) is 0 Å². The van der Waals surface area contributed by atoms with Crippen LogP contribution in [0.15, 0.2) is 24.8 Å². The van der Waals surface area contributed by atoms with Crippen LogP contribution in [0.2, 0.25) is 0 Å². The van der Waals surface area contributed by atoms with Gasteiger partial charge in [0.2, 0.25) is 6.29 Å². The summed E-state index contributed by atoms with van der Waals surface area (Å²) in [6.07, 6.45) is 1.04. The lowest BCUT2D eigenvalue weighted by Gasteiger charge is -2.12. The van der Waals surface area contributed by atoms with Crippen molar-refractivity contribution in [1.29, 1.82) is 0 Å².